The van der Waals surface area contributed by atoms with Crippen LogP contribution < -0.4 is 19.7 Å². The fourth-order valence-corrected chi connectivity index (χ4v) is 5.49. The highest BCUT2D eigenvalue weighted by atomic mass is 35.5. The van der Waals surface area contributed by atoms with Crippen molar-refractivity contribution in [2.45, 2.75) is 50.2 Å². The number of aliphatic carboxylic acids is 1. The maximum absolute atomic E-state index is 13.2. The van der Waals surface area contributed by atoms with Crippen LogP contribution in [-0.4, -0.2) is 92.1 Å². The highest BCUT2D eigenvalue weighted by molar-refractivity contribution is 6.32. The van der Waals surface area contributed by atoms with Gasteiger partial charge in [0.05, 0.1) is 23.3 Å². The third-order valence-electron chi connectivity index (χ3n) is 7.18. The van der Waals surface area contributed by atoms with Crippen LogP contribution >= 0.6 is 23.2 Å². The van der Waals surface area contributed by atoms with Gasteiger partial charge in [-0.2, -0.15) is 13.2 Å². The van der Waals surface area contributed by atoms with E-state index >= 15 is 0 Å². The second-order valence-corrected chi connectivity index (χ2v) is 11.3. The van der Waals surface area contributed by atoms with E-state index in [1.165, 1.54) is 17.0 Å². The maximum atomic E-state index is 13.2. The Labute approximate surface area is 259 Å². The highest BCUT2D eigenvalue weighted by Crippen LogP contribution is 2.40. The summed E-state index contributed by atoms with van der Waals surface area (Å²) in [6, 6.07) is 9.05. The average Bonchev–Trinajstić information content (AvgIpc) is 3.34. The number of hydrogen-bond donors (Lipinski definition) is 2. The van der Waals surface area contributed by atoms with Crippen molar-refractivity contribution in [2.75, 3.05) is 44.3 Å². The van der Waals surface area contributed by atoms with Gasteiger partial charge in [-0.05, 0) is 43.6 Å². The van der Waals surface area contributed by atoms with Crippen molar-refractivity contribution in [1.82, 2.24) is 10.2 Å². The van der Waals surface area contributed by atoms with E-state index in [9.17, 15) is 31.5 Å². The number of piperidine rings is 1. The topological polar surface area (TPSA) is 101 Å². The molecule has 44 heavy (non-hydrogen) atoms. The van der Waals surface area contributed by atoms with Crippen molar-refractivity contribution in [3.05, 3.63) is 52.0 Å². The van der Waals surface area contributed by atoms with Crippen molar-refractivity contribution < 1.29 is 50.9 Å². The summed E-state index contributed by atoms with van der Waals surface area (Å²) in [4.78, 5) is 26.7. The van der Waals surface area contributed by atoms with Crippen LogP contribution in [0.2, 0.25) is 10.0 Å². The fraction of sp³-hybridized carbons (Fsp3) is 0.500. The van der Waals surface area contributed by atoms with Crippen LogP contribution in [0.1, 0.15) is 18.4 Å². The number of anilines is 1. The second kappa shape index (κ2) is 14.8. The van der Waals surface area contributed by atoms with E-state index < -0.39 is 49.9 Å². The zero-order valence-electron chi connectivity index (χ0n) is 23.2. The molecule has 2 aliphatic heterocycles. The molecule has 0 bridgehead atoms. The number of carbonyl (C=O) groups is 2. The minimum atomic E-state index is -5.22. The lowest BCUT2D eigenvalue weighted by Gasteiger charge is -2.34. The molecule has 2 aromatic carbocycles. The molecule has 0 aliphatic carbocycles. The summed E-state index contributed by atoms with van der Waals surface area (Å²) in [5.74, 6) is -3.91. The summed E-state index contributed by atoms with van der Waals surface area (Å²) < 4.78 is 80.4. The number of benzene rings is 2. The van der Waals surface area contributed by atoms with E-state index in [1.807, 2.05) is 24.3 Å². The van der Waals surface area contributed by atoms with Crippen molar-refractivity contribution in [1.29, 1.82) is 0 Å². The summed E-state index contributed by atoms with van der Waals surface area (Å²) >= 11 is 12.1. The number of carboxylic acid groups (broad SMARTS) is 1. The van der Waals surface area contributed by atoms with Gasteiger partial charge >= 0.3 is 18.1 Å². The SMILES string of the molecule is O=C(O)COc1cc(Cl)c(OCC(F)F)cc1N1C[C@H](NC2CCN(Cc3ccc(Cl)cc3)CC2)[C@@H](OC(=O)C(F)(F)F)C1. The summed E-state index contributed by atoms with van der Waals surface area (Å²) in [6.45, 7) is 0.128. The fourth-order valence-electron chi connectivity index (χ4n) is 5.15. The third-order valence-corrected chi connectivity index (χ3v) is 7.73. The van der Waals surface area contributed by atoms with Crippen molar-refractivity contribution in [3.8, 4) is 11.5 Å². The van der Waals surface area contributed by atoms with Gasteiger partial charge < -0.3 is 29.5 Å². The molecular formula is C28H30Cl2F5N3O6. The standard InChI is InChI=1S/C28H30Cl2F5N3O6/c29-17-3-1-16(2-4-17)11-37-7-5-18(6-8-37)36-20-12-38(13-24(20)44-27(41)28(33,34)35)21-10-22(42-14-25(31)32)19(30)9-23(21)43-15-26(39)40/h1-4,9-10,18,20,24-25,36H,5-8,11-15H2,(H,39,40)/t20-,24-/m0/s1. The predicted octanol–water partition coefficient (Wildman–Crippen LogP) is 5.02. The molecule has 0 radical (unpaired) electrons. The summed E-state index contributed by atoms with van der Waals surface area (Å²) in [5.41, 5.74) is 1.21. The molecule has 2 atom stereocenters. The highest BCUT2D eigenvalue weighted by Gasteiger charge is 2.46. The molecule has 16 heteroatoms. The van der Waals surface area contributed by atoms with E-state index in [2.05, 4.69) is 10.2 Å². The first-order chi connectivity index (χ1) is 20.8. The van der Waals surface area contributed by atoms with Gasteiger partial charge in [0.1, 0.15) is 24.2 Å². The number of alkyl halides is 5. The van der Waals surface area contributed by atoms with Crippen LogP contribution in [0.15, 0.2) is 36.4 Å². The molecule has 242 valence electrons. The molecule has 2 heterocycles. The number of carbonyl (C=O) groups excluding carboxylic acids is 1. The van der Waals surface area contributed by atoms with E-state index in [0.29, 0.717) is 37.5 Å². The second-order valence-electron chi connectivity index (χ2n) is 10.4. The zero-order chi connectivity index (χ0) is 32.0. The zero-order valence-corrected chi connectivity index (χ0v) is 24.7. The minimum Gasteiger partial charge on any atom is -0.486 e. The van der Waals surface area contributed by atoms with E-state index in [4.69, 9.17) is 42.5 Å². The summed E-state index contributed by atoms with van der Waals surface area (Å²) in [6.07, 6.45) is -7.96. The molecule has 4 rings (SSSR count). The Kier molecular flexibility index (Phi) is 11.4. The Hall–Kier alpha value is -3.07. The Morgan fingerprint density at radius 1 is 1.02 bits per heavy atom. The molecule has 2 aliphatic rings. The van der Waals surface area contributed by atoms with E-state index in [0.717, 1.165) is 5.56 Å². The number of ether oxygens (including phenoxy) is 3. The lowest BCUT2D eigenvalue weighted by Crippen LogP contribution is -2.51. The van der Waals surface area contributed by atoms with Gasteiger partial charge in [0.2, 0.25) is 0 Å². The van der Waals surface area contributed by atoms with Gasteiger partial charge in [-0.25, -0.2) is 18.4 Å². The Bertz CT molecular complexity index is 1300. The largest absolute Gasteiger partial charge is 0.490 e. The monoisotopic (exact) mass is 669 g/mol. The molecule has 2 saturated heterocycles. The number of halogens is 7. The molecule has 0 saturated carbocycles. The molecule has 2 fully saturated rings. The summed E-state index contributed by atoms with van der Waals surface area (Å²) in [7, 11) is 0. The molecule has 0 aromatic heterocycles. The Morgan fingerprint density at radius 2 is 1.70 bits per heavy atom. The summed E-state index contributed by atoms with van der Waals surface area (Å²) in [5, 5.41) is 12.9. The van der Waals surface area contributed by atoms with E-state index in [-0.39, 0.29) is 41.3 Å². The first-order valence-electron chi connectivity index (χ1n) is 13.6. The quantitative estimate of drug-likeness (QED) is 0.238. The molecule has 0 spiro atoms. The van der Waals surface area contributed by atoms with Gasteiger partial charge in [-0.15, -0.1) is 0 Å². The first kappa shape index (κ1) is 33.8. The number of esters is 1. The van der Waals surface area contributed by atoms with Crippen LogP contribution in [0.3, 0.4) is 0 Å². The predicted molar refractivity (Wildman–Crippen MR) is 151 cm³/mol. The first-order valence-corrected chi connectivity index (χ1v) is 14.4. The van der Waals surface area contributed by atoms with Crippen molar-refractivity contribution in [3.63, 3.8) is 0 Å². The molecule has 0 unspecified atom stereocenters. The number of nitrogens with one attached hydrogen (secondary N) is 1. The van der Waals surface area contributed by atoms with Crippen LogP contribution in [0.5, 0.6) is 11.5 Å². The minimum absolute atomic E-state index is 0.0140. The van der Waals surface area contributed by atoms with Crippen LogP contribution in [0.25, 0.3) is 0 Å². The maximum Gasteiger partial charge on any atom is 0.490 e. The van der Waals surface area contributed by atoms with Crippen LogP contribution in [0.4, 0.5) is 27.6 Å². The molecule has 2 N–H and O–H groups in total. The Balaban J connectivity index is 1.51. The van der Waals surface area contributed by atoms with Gasteiger partial charge in [0.25, 0.3) is 6.43 Å². The van der Waals surface area contributed by atoms with Gasteiger partial charge in [0, 0.05) is 36.3 Å². The third kappa shape index (κ3) is 9.46. The number of rotatable bonds is 12. The van der Waals surface area contributed by atoms with Crippen LogP contribution in [-0.2, 0) is 20.9 Å². The Morgan fingerprint density at radius 3 is 2.32 bits per heavy atom. The van der Waals surface area contributed by atoms with Gasteiger partial charge in [0.15, 0.2) is 6.61 Å². The number of carboxylic acids is 1. The lowest BCUT2D eigenvalue weighted by atomic mass is 10.0. The number of likely N-dealkylation sites (tertiary alicyclic amines) is 1. The molecule has 2 aromatic rings. The number of hydrogen-bond acceptors (Lipinski definition) is 8. The number of nitrogens with zero attached hydrogens (tertiary/aromatic N) is 2. The van der Waals surface area contributed by atoms with Crippen molar-refractivity contribution in [2.24, 2.45) is 0 Å². The van der Waals surface area contributed by atoms with Gasteiger partial charge in [-0.1, -0.05) is 35.3 Å². The molecule has 0 amide bonds. The molecular weight excluding hydrogens is 640 g/mol. The average molecular weight is 670 g/mol. The molecule has 9 nitrogen and oxygen atoms in total. The van der Waals surface area contributed by atoms with Crippen molar-refractivity contribution >= 4 is 40.8 Å². The normalized spacial score (nSPS) is 19.8. The lowest BCUT2D eigenvalue weighted by molar-refractivity contribution is -0.204. The van der Waals surface area contributed by atoms with E-state index in [1.54, 1.807) is 0 Å². The smallest absolute Gasteiger partial charge is 0.486 e. The van der Waals surface area contributed by atoms with Gasteiger partial charge in [-0.3, -0.25) is 4.90 Å². The van der Waals surface area contributed by atoms with Crippen LogP contribution in [0, 0.1) is 0 Å².